The van der Waals surface area contributed by atoms with E-state index in [4.69, 9.17) is 5.11 Å². The first-order chi connectivity index (χ1) is 10.6. The van der Waals surface area contributed by atoms with E-state index in [1.165, 1.54) is 10.9 Å². The number of rotatable bonds is 7. The van der Waals surface area contributed by atoms with Crippen molar-refractivity contribution in [2.45, 2.75) is 38.1 Å². The van der Waals surface area contributed by atoms with E-state index in [9.17, 15) is 9.59 Å². The Morgan fingerprint density at radius 2 is 2.09 bits per heavy atom. The van der Waals surface area contributed by atoms with Crippen molar-refractivity contribution in [2.24, 2.45) is 5.92 Å². The van der Waals surface area contributed by atoms with Crippen molar-refractivity contribution < 1.29 is 14.7 Å². The Balaban J connectivity index is 1.50. The van der Waals surface area contributed by atoms with Gasteiger partial charge in [-0.3, -0.25) is 4.79 Å². The molecular formula is C17H20N2O3. The van der Waals surface area contributed by atoms with Crippen molar-refractivity contribution in [3.63, 3.8) is 0 Å². The van der Waals surface area contributed by atoms with Crippen LogP contribution in [0.15, 0.2) is 30.5 Å². The Morgan fingerprint density at radius 1 is 1.32 bits per heavy atom. The molecule has 1 heterocycles. The number of fused-ring (bicyclic) bond motifs is 1. The van der Waals surface area contributed by atoms with Crippen molar-refractivity contribution in [2.75, 3.05) is 0 Å². The number of hydrogen-bond acceptors (Lipinski definition) is 2. The fraction of sp³-hybridized carbons (Fsp3) is 0.412. The van der Waals surface area contributed by atoms with Crippen LogP contribution in [-0.4, -0.2) is 28.0 Å². The minimum Gasteiger partial charge on any atom is -0.480 e. The van der Waals surface area contributed by atoms with Crippen molar-refractivity contribution in [3.8, 4) is 0 Å². The maximum atomic E-state index is 11.9. The summed E-state index contributed by atoms with van der Waals surface area (Å²) in [7, 11) is 0. The van der Waals surface area contributed by atoms with E-state index in [0.29, 0.717) is 12.8 Å². The Hall–Kier alpha value is -2.30. The molecule has 0 bridgehead atoms. The molecule has 0 radical (unpaired) electrons. The van der Waals surface area contributed by atoms with Gasteiger partial charge in [0.1, 0.15) is 6.04 Å². The van der Waals surface area contributed by atoms with Gasteiger partial charge in [0.25, 0.3) is 0 Å². The second kappa shape index (κ2) is 6.22. The van der Waals surface area contributed by atoms with Gasteiger partial charge in [0.15, 0.2) is 0 Å². The molecule has 1 fully saturated rings. The number of carbonyl (C=O) groups is 2. The monoisotopic (exact) mass is 300 g/mol. The first kappa shape index (κ1) is 14.6. The number of H-pyrrole nitrogens is 1. The topological polar surface area (TPSA) is 82.2 Å². The van der Waals surface area contributed by atoms with Crippen LogP contribution in [0, 0.1) is 5.92 Å². The van der Waals surface area contributed by atoms with E-state index in [2.05, 4.69) is 16.4 Å². The van der Waals surface area contributed by atoms with E-state index >= 15 is 0 Å². The molecule has 1 aliphatic carbocycles. The number of aryl methyl sites for hydroxylation is 1. The molecule has 0 spiro atoms. The van der Waals surface area contributed by atoms with Gasteiger partial charge in [0.05, 0.1) is 0 Å². The molecule has 5 nitrogen and oxygen atoms in total. The van der Waals surface area contributed by atoms with Crippen LogP contribution >= 0.6 is 0 Å². The van der Waals surface area contributed by atoms with Crippen LogP contribution in [-0.2, 0) is 16.0 Å². The second-order valence-electron chi connectivity index (χ2n) is 5.93. The Kier molecular flexibility index (Phi) is 4.13. The average Bonchev–Trinajstić information content (AvgIpc) is 3.26. The minimum absolute atomic E-state index is 0.120. The number of aromatic amines is 1. The summed E-state index contributed by atoms with van der Waals surface area (Å²) in [6.07, 6.45) is 5.64. The number of aromatic nitrogens is 1. The molecule has 116 valence electrons. The zero-order chi connectivity index (χ0) is 15.5. The van der Waals surface area contributed by atoms with Crippen LogP contribution in [0.2, 0.25) is 0 Å². The molecule has 1 aromatic carbocycles. The van der Waals surface area contributed by atoms with Crippen LogP contribution < -0.4 is 5.32 Å². The molecular weight excluding hydrogens is 280 g/mol. The fourth-order valence-electron chi connectivity index (χ4n) is 2.83. The highest BCUT2D eigenvalue weighted by Gasteiger charge is 2.37. The Labute approximate surface area is 128 Å². The first-order valence-electron chi connectivity index (χ1n) is 7.72. The van der Waals surface area contributed by atoms with E-state index in [-0.39, 0.29) is 11.8 Å². The smallest absolute Gasteiger partial charge is 0.326 e. The summed E-state index contributed by atoms with van der Waals surface area (Å²) in [4.78, 5) is 26.2. The molecule has 22 heavy (non-hydrogen) atoms. The largest absolute Gasteiger partial charge is 0.480 e. The van der Waals surface area contributed by atoms with E-state index in [0.717, 1.165) is 24.8 Å². The summed E-state index contributed by atoms with van der Waals surface area (Å²) in [6.45, 7) is 0. The molecule has 0 aliphatic heterocycles. The Morgan fingerprint density at radius 3 is 2.82 bits per heavy atom. The molecule has 0 saturated heterocycles. The number of nitrogens with one attached hydrogen (secondary N) is 2. The van der Waals surface area contributed by atoms with Crippen molar-refractivity contribution in [1.82, 2.24) is 10.3 Å². The number of amides is 1. The lowest BCUT2D eigenvalue weighted by molar-refractivity contribution is -0.142. The van der Waals surface area contributed by atoms with Crippen LogP contribution in [0.4, 0.5) is 0 Å². The average molecular weight is 300 g/mol. The zero-order valence-electron chi connectivity index (χ0n) is 12.3. The molecule has 1 aromatic heterocycles. The first-order valence-corrected chi connectivity index (χ1v) is 7.72. The number of benzene rings is 1. The second-order valence-corrected chi connectivity index (χ2v) is 5.93. The predicted molar refractivity (Wildman–Crippen MR) is 83.5 cm³/mol. The summed E-state index contributed by atoms with van der Waals surface area (Å²) in [6, 6.07) is 7.37. The minimum atomic E-state index is -0.924. The van der Waals surface area contributed by atoms with Gasteiger partial charge < -0.3 is 15.4 Å². The van der Waals surface area contributed by atoms with Crippen LogP contribution in [0.1, 0.15) is 31.2 Å². The number of aliphatic carboxylic acids is 1. The summed E-state index contributed by atoms with van der Waals surface area (Å²) in [5, 5.41) is 12.9. The van der Waals surface area contributed by atoms with Gasteiger partial charge in [0.2, 0.25) is 5.91 Å². The molecule has 5 heteroatoms. The number of hydrogen-bond donors (Lipinski definition) is 3. The number of carboxylic acid groups (broad SMARTS) is 1. The maximum Gasteiger partial charge on any atom is 0.326 e. The van der Waals surface area contributed by atoms with Crippen LogP contribution in [0.25, 0.3) is 10.9 Å². The highest BCUT2D eigenvalue weighted by molar-refractivity contribution is 5.84. The fourth-order valence-corrected chi connectivity index (χ4v) is 2.83. The van der Waals surface area contributed by atoms with E-state index < -0.39 is 12.0 Å². The molecule has 3 rings (SSSR count). The van der Waals surface area contributed by atoms with E-state index in [1.807, 2.05) is 24.4 Å². The molecule has 1 amide bonds. The summed E-state index contributed by atoms with van der Waals surface area (Å²) >= 11 is 0. The van der Waals surface area contributed by atoms with Gasteiger partial charge in [-0.25, -0.2) is 4.79 Å². The molecule has 1 saturated carbocycles. The molecule has 2 aromatic rings. The van der Waals surface area contributed by atoms with Gasteiger partial charge >= 0.3 is 5.97 Å². The lowest BCUT2D eigenvalue weighted by Crippen LogP contribution is -2.42. The normalized spacial score (nSPS) is 15.6. The van der Waals surface area contributed by atoms with Crippen LogP contribution in [0.5, 0.6) is 0 Å². The van der Waals surface area contributed by atoms with Gasteiger partial charge in [0, 0.05) is 23.5 Å². The highest BCUT2D eigenvalue weighted by Crippen LogP contribution is 2.32. The molecule has 3 N–H and O–H groups in total. The van der Waals surface area contributed by atoms with Gasteiger partial charge in [-0.1, -0.05) is 18.2 Å². The number of para-hydroxylation sites is 1. The summed E-state index contributed by atoms with van der Waals surface area (Å²) in [5.41, 5.74) is 2.29. The standard InChI is InChI=1S/C17H20N2O3/c20-15(19-16(17(21)22)11-8-9-11)7-3-4-12-10-18-14-6-2-1-5-13(12)14/h1-2,5-6,10-11,16,18H,3-4,7-9H2,(H,19,20)(H,21,22). The quantitative estimate of drug-likeness (QED) is 0.734. The van der Waals surface area contributed by atoms with Crippen LogP contribution in [0.3, 0.4) is 0 Å². The highest BCUT2D eigenvalue weighted by atomic mass is 16.4. The molecule has 1 unspecified atom stereocenters. The Bertz CT molecular complexity index is 688. The van der Waals surface area contributed by atoms with Crippen molar-refractivity contribution in [3.05, 3.63) is 36.0 Å². The third-order valence-electron chi connectivity index (χ3n) is 4.20. The zero-order valence-corrected chi connectivity index (χ0v) is 12.3. The van der Waals surface area contributed by atoms with Gasteiger partial charge in [-0.05, 0) is 43.2 Å². The number of carboxylic acids is 1. The predicted octanol–water partition coefficient (Wildman–Crippen LogP) is 2.47. The maximum absolute atomic E-state index is 11.9. The van der Waals surface area contributed by atoms with Crippen molar-refractivity contribution in [1.29, 1.82) is 0 Å². The van der Waals surface area contributed by atoms with Crippen molar-refractivity contribution >= 4 is 22.8 Å². The van der Waals surface area contributed by atoms with Gasteiger partial charge in [-0.2, -0.15) is 0 Å². The number of carbonyl (C=O) groups excluding carboxylic acids is 1. The lowest BCUT2D eigenvalue weighted by Gasteiger charge is -2.13. The summed E-state index contributed by atoms with van der Waals surface area (Å²) < 4.78 is 0. The third kappa shape index (κ3) is 3.30. The van der Waals surface area contributed by atoms with E-state index in [1.54, 1.807) is 0 Å². The third-order valence-corrected chi connectivity index (χ3v) is 4.20. The molecule has 1 atom stereocenters. The lowest BCUT2D eigenvalue weighted by atomic mass is 10.1. The summed E-state index contributed by atoms with van der Waals surface area (Å²) in [5.74, 6) is -0.971. The SMILES string of the molecule is O=C(CCCc1c[nH]c2ccccc12)NC(C(=O)O)C1CC1. The van der Waals surface area contributed by atoms with Gasteiger partial charge in [-0.15, -0.1) is 0 Å². The molecule has 1 aliphatic rings.